The lowest BCUT2D eigenvalue weighted by molar-refractivity contribution is 0.0944. The molecule has 0 atom stereocenters. The maximum Gasteiger partial charge on any atom is 0.273 e. The first-order valence-corrected chi connectivity index (χ1v) is 9.45. The van der Waals surface area contributed by atoms with Crippen LogP contribution in [-0.2, 0) is 13.0 Å². The standard InChI is InChI=1S/C23H21N3O3/c1-16-9-10-19(14-25-16)28-15-20-13-22(26-29-20)23(27)24-12-11-18-7-4-6-17-5-2-3-8-21(17)18/h2-10,13-14H,11-12,15H2,1H3,(H,24,27). The first-order chi connectivity index (χ1) is 14.2. The average molecular weight is 387 g/mol. The molecule has 146 valence electrons. The number of nitrogens with one attached hydrogen (secondary N) is 1. The zero-order valence-electron chi connectivity index (χ0n) is 16.1. The third-order valence-electron chi connectivity index (χ3n) is 4.62. The molecule has 6 heteroatoms. The fourth-order valence-corrected chi connectivity index (χ4v) is 3.09. The molecule has 0 fully saturated rings. The lowest BCUT2D eigenvalue weighted by Gasteiger charge is -2.07. The highest BCUT2D eigenvalue weighted by Gasteiger charge is 2.13. The normalized spacial score (nSPS) is 10.8. The number of nitrogens with zero attached hydrogens (tertiary/aromatic N) is 2. The third-order valence-corrected chi connectivity index (χ3v) is 4.62. The first-order valence-electron chi connectivity index (χ1n) is 9.45. The Hall–Kier alpha value is -3.67. The molecule has 4 rings (SSSR count). The summed E-state index contributed by atoms with van der Waals surface area (Å²) in [5, 5.41) is 9.13. The molecule has 1 N–H and O–H groups in total. The van der Waals surface area contributed by atoms with E-state index in [2.05, 4.69) is 39.7 Å². The molecule has 6 nitrogen and oxygen atoms in total. The zero-order chi connectivity index (χ0) is 20.1. The van der Waals surface area contributed by atoms with E-state index in [-0.39, 0.29) is 18.2 Å². The van der Waals surface area contributed by atoms with Gasteiger partial charge in [-0.1, -0.05) is 47.6 Å². The highest BCUT2D eigenvalue weighted by Crippen LogP contribution is 2.18. The van der Waals surface area contributed by atoms with Gasteiger partial charge in [0.25, 0.3) is 5.91 Å². The molecule has 0 bridgehead atoms. The summed E-state index contributed by atoms with van der Waals surface area (Å²) in [5.74, 6) is 0.843. The number of hydrogen-bond donors (Lipinski definition) is 1. The lowest BCUT2D eigenvalue weighted by Crippen LogP contribution is -2.26. The Balaban J connectivity index is 1.30. The Morgan fingerprint density at radius 3 is 2.83 bits per heavy atom. The van der Waals surface area contributed by atoms with E-state index in [1.165, 1.54) is 16.3 Å². The first kappa shape index (κ1) is 18.7. The van der Waals surface area contributed by atoms with E-state index in [9.17, 15) is 4.79 Å². The summed E-state index contributed by atoms with van der Waals surface area (Å²) >= 11 is 0. The van der Waals surface area contributed by atoms with Gasteiger partial charge in [0.2, 0.25) is 0 Å². The van der Waals surface area contributed by atoms with Gasteiger partial charge in [0, 0.05) is 18.3 Å². The summed E-state index contributed by atoms with van der Waals surface area (Å²) in [6.07, 6.45) is 2.38. The smallest absolute Gasteiger partial charge is 0.273 e. The molecule has 0 aliphatic rings. The summed E-state index contributed by atoms with van der Waals surface area (Å²) in [7, 11) is 0. The molecule has 0 aliphatic heterocycles. The van der Waals surface area contributed by atoms with E-state index in [4.69, 9.17) is 9.26 Å². The van der Waals surface area contributed by atoms with E-state index < -0.39 is 0 Å². The van der Waals surface area contributed by atoms with Crippen LogP contribution in [0, 0.1) is 6.92 Å². The summed E-state index contributed by atoms with van der Waals surface area (Å²) in [5.41, 5.74) is 2.35. The summed E-state index contributed by atoms with van der Waals surface area (Å²) in [4.78, 5) is 16.5. The minimum absolute atomic E-state index is 0.182. The molecule has 0 unspecified atom stereocenters. The Kier molecular flexibility index (Phi) is 5.52. The van der Waals surface area contributed by atoms with E-state index in [0.717, 1.165) is 12.1 Å². The van der Waals surface area contributed by atoms with Crippen LogP contribution < -0.4 is 10.1 Å². The SMILES string of the molecule is Cc1ccc(OCc2cc(C(=O)NCCc3cccc4ccccc34)no2)cn1. The predicted molar refractivity (Wildman–Crippen MR) is 110 cm³/mol. The van der Waals surface area contributed by atoms with Crippen LogP contribution in [0.1, 0.15) is 27.5 Å². The van der Waals surface area contributed by atoms with Gasteiger partial charge in [-0.15, -0.1) is 0 Å². The quantitative estimate of drug-likeness (QED) is 0.517. The Bertz CT molecular complexity index is 1110. The molecule has 2 heterocycles. The highest BCUT2D eigenvalue weighted by atomic mass is 16.5. The topological polar surface area (TPSA) is 77.2 Å². The van der Waals surface area contributed by atoms with Gasteiger partial charge < -0.3 is 14.6 Å². The zero-order valence-corrected chi connectivity index (χ0v) is 16.1. The summed E-state index contributed by atoms with van der Waals surface area (Å²) in [6.45, 7) is 2.60. The lowest BCUT2D eigenvalue weighted by atomic mass is 10.0. The van der Waals surface area contributed by atoms with Gasteiger partial charge >= 0.3 is 0 Å². The molecule has 2 aromatic carbocycles. The minimum atomic E-state index is -0.266. The molecule has 0 saturated carbocycles. The van der Waals surface area contributed by atoms with Crippen molar-refractivity contribution in [3.05, 3.63) is 89.6 Å². The molecule has 1 amide bonds. The van der Waals surface area contributed by atoms with Crippen molar-refractivity contribution in [2.75, 3.05) is 6.54 Å². The predicted octanol–water partition coefficient (Wildman–Crippen LogP) is 4.08. The number of pyridine rings is 1. The number of carbonyl (C=O) groups is 1. The molecular weight excluding hydrogens is 366 g/mol. The van der Waals surface area contributed by atoms with Gasteiger partial charge in [0.1, 0.15) is 12.4 Å². The minimum Gasteiger partial charge on any atom is -0.484 e. The second-order valence-corrected chi connectivity index (χ2v) is 6.75. The van der Waals surface area contributed by atoms with Gasteiger partial charge in [0.05, 0.1) is 6.20 Å². The van der Waals surface area contributed by atoms with Crippen molar-refractivity contribution in [3.8, 4) is 5.75 Å². The van der Waals surface area contributed by atoms with Crippen molar-refractivity contribution in [1.82, 2.24) is 15.5 Å². The van der Waals surface area contributed by atoms with Crippen LogP contribution in [-0.4, -0.2) is 22.6 Å². The molecule has 0 saturated heterocycles. The monoisotopic (exact) mass is 387 g/mol. The summed E-state index contributed by atoms with van der Waals surface area (Å²) < 4.78 is 10.8. The van der Waals surface area contributed by atoms with Gasteiger partial charge in [-0.25, -0.2) is 0 Å². The van der Waals surface area contributed by atoms with E-state index in [1.807, 2.05) is 37.3 Å². The number of carbonyl (C=O) groups excluding carboxylic acids is 1. The molecule has 4 aromatic rings. The van der Waals surface area contributed by atoms with Crippen molar-refractivity contribution in [3.63, 3.8) is 0 Å². The molecular formula is C23H21N3O3. The Morgan fingerprint density at radius 1 is 1.10 bits per heavy atom. The van der Waals surface area contributed by atoms with Gasteiger partial charge in [-0.2, -0.15) is 0 Å². The number of aromatic nitrogens is 2. The van der Waals surface area contributed by atoms with Gasteiger partial charge in [0.15, 0.2) is 11.5 Å². The number of benzene rings is 2. The number of rotatable bonds is 7. The second kappa shape index (κ2) is 8.56. The van der Waals surface area contributed by atoms with E-state index in [1.54, 1.807) is 12.3 Å². The van der Waals surface area contributed by atoms with Crippen molar-refractivity contribution in [1.29, 1.82) is 0 Å². The Morgan fingerprint density at radius 2 is 1.97 bits per heavy atom. The van der Waals surface area contributed by atoms with Crippen LogP contribution in [0.15, 0.2) is 71.4 Å². The summed E-state index contributed by atoms with van der Waals surface area (Å²) in [6, 6.07) is 19.7. The van der Waals surface area contributed by atoms with Crippen LogP contribution in [0.2, 0.25) is 0 Å². The second-order valence-electron chi connectivity index (χ2n) is 6.75. The van der Waals surface area contributed by atoms with Crippen LogP contribution in [0.4, 0.5) is 0 Å². The Labute approximate surface area is 168 Å². The number of aryl methyl sites for hydroxylation is 1. The van der Waals surface area contributed by atoms with Gasteiger partial charge in [-0.05, 0) is 41.8 Å². The van der Waals surface area contributed by atoms with E-state index in [0.29, 0.717) is 18.1 Å². The van der Waals surface area contributed by atoms with Crippen molar-refractivity contribution < 1.29 is 14.1 Å². The molecule has 2 aromatic heterocycles. The van der Waals surface area contributed by atoms with E-state index >= 15 is 0 Å². The van der Waals surface area contributed by atoms with Crippen LogP contribution in [0.3, 0.4) is 0 Å². The fraction of sp³-hybridized carbons (Fsp3) is 0.174. The molecule has 0 aliphatic carbocycles. The fourth-order valence-electron chi connectivity index (χ4n) is 3.09. The average Bonchev–Trinajstić information content (AvgIpc) is 3.23. The maximum absolute atomic E-state index is 12.3. The third kappa shape index (κ3) is 4.60. The largest absolute Gasteiger partial charge is 0.484 e. The molecule has 29 heavy (non-hydrogen) atoms. The number of hydrogen-bond acceptors (Lipinski definition) is 5. The highest BCUT2D eigenvalue weighted by molar-refractivity contribution is 5.92. The number of ether oxygens (including phenoxy) is 1. The van der Waals surface area contributed by atoms with Crippen LogP contribution >= 0.6 is 0 Å². The maximum atomic E-state index is 12.3. The molecule has 0 radical (unpaired) electrons. The van der Waals surface area contributed by atoms with Crippen molar-refractivity contribution in [2.24, 2.45) is 0 Å². The van der Waals surface area contributed by atoms with Crippen LogP contribution in [0.25, 0.3) is 10.8 Å². The molecule has 0 spiro atoms. The number of fused-ring (bicyclic) bond motifs is 1. The van der Waals surface area contributed by atoms with Crippen LogP contribution in [0.5, 0.6) is 5.75 Å². The number of amides is 1. The van der Waals surface area contributed by atoms with Gasteiger partial charge in [-0.3, -0.25) is 9.78 Å². The van der Waals surface area contributed by atoms with Crippen molar-refractivity contribution in [2.45, 2.75) is 20.0 Å². The van der Waals surface area contributed by atoms with Crippen molar-refractivity contribution >= 4 is 16.7 Å².